The number of fused-ring (bicyclic) bond motifs is 3. The maximum Gasteiger partial charge on any atom is 0.278 e. The minimum Gasteiger partial charge on any atom is -0.480 e. The highest BCUT2D eigenvalue weighted by atomic mass is 32.2. The Balaban J connectivity index is 1.37. The molecule has 0 spiro atoms. The van der Waals surface area contributed by atoms with Gasteiger partial charge in [-0.15, -0.1) is 0 Å². The molecule has 0 unspecified atom stereocenters. The second kappa shape index (κ2) is 12.8. The first-order valence-electron chi connectivity index (χ1n) is 15.0. The van der Waals surface area contributed by atoms with Crippen molar-refractivity contribution in [2.75, 3.05) is 48.5 Å². The molecule has 0 aliphatic carbocycles. The summed E-state index contributed by atoms with van der Waals surface area (Å²) < 4.78 is 9.11. The van der Waals surface area contributed by atoms with Gasteiger partial charge in [-0.1, -0.05) is 19.9 Å². The van der Waals surface area contributed by atoms with Crippen molar-refractivity contribution in [3.63, 3.8) is 0 Å². The minimum atomic E-state index is -0.183. The van der Waals surface area contributed by atoms with Crippen molar-refractivity contribution in [3.05, 3.63) is 58.0 Å². The smallest absolute Gasteiger partial charge is 0.278 e. The van der Waals surface area contributed by atoms with Gasteiger partial charge in [0.05, 0.1) is 0 Å². The highest BCUT2D eigenvalue weighted by molar-refractivity contribution is 7.99. The van der Waals surface area contributed by atoms with Crippen LogP contribution < -0.4 is 20.5 Å². The van der Waals surface area contributed by atoms with Crippen LogP contribution in [-0.2, 0) is 24.3 Å². The van der Waals surface area contributed by atoms with Crippen LogP contribution in [0, 0.1) is 0 Å². The zero-order valence-corrected chi connectivity index (χ0v) is 25.8. The van der Waals surface area contributed by atoms with Gasteiger partial charge >= 0.3 is 0 Å². The van der Waals surface area contributed by atoms with Crippen LogP contribution in [0.2, 0.25) is 0 Å². The van der Waals surface area contributed by atoms with Gasteiger partial charge in [0.1, 0.15) is 5.39 Å². The Morgan fingerprint density at radius 3 is 2.74 bits per heavy atom. The van der Waals surface area contributed by atoms with Crippen LogP contribution in [-0.4, -0.2) is 73.4 Å². The summed E-state index contributed by atoms with van der Waals surface area (Å²) >= 11 is 1.89. The Hall–Kier alpha value is -3.90. The Bertz CT molecular complexity index is 1700. The maximum absolute atomic E-state index is 13.5. The average molecular weight is 603 g/mol. The number of likely N-dealkylation sites (N-methyl/N-ethyl adjacent to an activating group) is 1. The molecule has 12 heteroatoms. The number of hydrogen-bond donors (Lipinski definition) is 1. The fraction of sp³-hybridized carbons (Fsp3) is 0.452. The van der Waals surface area contributed by atoms with E-state index in [0.29, 0.717) is 47.5 Å². The predicted molar refractivity (Wildman–Crippen MR) is 171 cm³/mol. The molecule has 0 radical (unpaired) electrons. The van der Waals surface area contributed by atoms with Crippen LogP contribution in [0.25, 0.3) is 16.9 Å². The van der Waals surface area contributed by atoms with E-state index in [9.17, 15) is 9.59 Å². The van der Waals surface area contributed by atoms with Crippen molar-refractivity contribution in [3.8, 4) is 11.6 Å². The first-order valence-corrected chi connectivity index (χ1v) is 16.2. The highest BCUT2D eigenvalue weighted by Gasteiger charge is 2.28. The van der Waals surface area contributed by atoms with Gasteiger partial charge in [0.15, 0.2) is 29.6 Å². The van der Waals surface area contributed by atoms with Gasteiger partial charge in [0, 0.05) is 38.1 Å². The molecule has 1 amide bonds. The molecule has 0 saturated heterocycles. The lowest BCUT2D eigenvalue weighted by molar-refractivity contribution is -0.121. The molecule has 43 heavy (non-hydrogen) atoms. The molecule has 4 aromatic rings. The number of benzene rings is 1. The van der Waals surface area contributed by atoms with Crippen LogP contribution in [0.1, 0.15) is 44.2 Å². The molecule has 1 aromatic carbocycles. The van der Waals surface area contributed by atoms with Crippen LogP contribution in [0.15, 0.2) is 41.3 Å². The lowest BCUT2D eigenvalue weighted by Gasteiger charge is -2.28. The van der Waals surface area contributed by atoms with Gasteiger partial charge in [-0.3, -0.25) is 14.5 Å². The third-order valence-electron chi connectivity index (χ3n) is 7.74. The molecule has 0 fully saturated rings. The summed E-state index contributed by atoms with van der Waals surface area (Å²) in [5.41, 5.74) is 3.81. The molecule has 0 saturated carbocycles. The highest BCUT2D eigenvalue weighted by Crippen LogP contribution is 2.32. The first kappa shape index (κ1) is 29.2. The summed E-state index contributed by atoms with van der Waals surface area (Å²) in [5, 5.41) is 3.75. The van der Waals surface area contributed by atoms with E-state index in [1.54, 1.807) is 20.5 Å². The second-order valence-electron chi connectivity index (χ2n) is 11.1. The number of hydrogen-bond acceptors (Lipinski definition) is 9. The molecular formula is C31H38N8O3S. The topological polar surface area (TPSA) is 110 Å². The van der Waals surface area contributed by atoms with E-state index in [2.05, 4.69) is 41.3 Å². The average Bonchev–Trinajstić information content (AvgIpc) is 3.28. The molecule has 2 aliphatic rings. The predicted octanol–water partition coefficient (Wildman–Crippen LogP) is 4.38. The molecule has 3 aromatic heterocycles. The number of rotatable bonds is 11. The zero-order chi connectivity index (χ0) is 29.9. The number of pyridine rings is 1. The summed E-state index contributed by atoms with van der Waals surface area (Å²) in [4.78, 5) is 44.6. The van der Waals surface area contributed by atoms with Crippen molar-refractivity contribution < 1.29 is 9.53 Å². The van der Waals surface area contributed by atoms with Gasteiger partial charge in [-0.25, -0.2) is 19.3 Å². The molecular weight excluding hydrogens is 564 g/mol. The number of ether oxygens (including phenoxy) is 1. The van der Waals surface area contributed by atoms with Gasteiger partial charge in [-0.05, 0) is 79.6 Å². The van der Waals surface area contributed by atoms with Gasteiger partial charge in [0.2, 0.25) is 5.95 Å². The summed E-state index contributed by atoms with van der Waals surface area (Å²) in [6, 6.07) is 9.98. The normalized spacial score (nSPS) is 15.0. The van der Waals surface area contributed by atoms with Crippen LogP contribution in [0.4, 0.5) is 17.5 Å². The SMILES string of the molecule is CCCSCCCN1C(=O)COc2ccc(-n3c4nc(Nc5ccc6c(c5)CN(C)CC6)ncc4c(=O)n3CCC)nc21. The molecule has 5 heterocycles. The summed E-state index contributed by atoms with van der Waals surface area (Å²) in [6.45, 7) is 7.16. The van der Waals surface area contributed by atoms with Crippen molar-refractivity contribution in [2.45, 2.75) is 52.6 Å². The first-order chi connectivity index (χ1) is 21.0. The molecule has 1 N–H and O–H groups in total. The van der Waals surface area contributed by atoms with E-state index < -0.39 is 0 Å². The van der Waals surface area contributed by atoms with Crippen LogP contribution in [0.5, 0.6) is 5.75 Å². The molecule has 0 atom stereocenters. The summed E-state index contributed by atoms with van der Waals surface area (Å²) in [7, 11) is 2.13. The van der Waals surface area contributed by atoms with Gasteiger partial charge in [-0.2, -0.15) is 16.7 Å². The number of carbonyl (C=O) groups excluding carboxylic acids is 1. The van der Waals surface area contributed by atoms with E-state index >= 15 is 0 Å². The van der Waals surface area contributed by atoms with Crippen LogP contribution in [0.3, 0.4) is 0 Å². The monoisotopic (exact) mass is 602 g/mol. The molecule has 2 aliphatic heterocycles. The number of aromatic nitrogens is 5. The van der Waals surface area contributed by atoms with E-state index in [4.69, 9.17) is 14.7 Å². The number of nitrogens with one attached hydrogen (secondary N) is 1. The fourth-order valence-corrected chi connectivity index (χ4v) is 6.45. The molecule has 11 nitrogen and oxygen atoms in total. The number of thioether (sulfide) groups is 1. The van der Waals surface area contributed by atoms with Gasteiger partial charge < -0.3 is 15.0 Å². The second-order valence-corrected chi connectivity index (χ2v) is 12.3. The number of amides is 1. The molecule has 226 valence electrons. The number of nitrogens with zero attached hydrogens (tertiary/aromatic N) is 7. The Morgan fingerprint density at radius 2 is 1.91 bits per heavy atom. The maximum atomic E-state index is 13.5. The van der Waals surface area contributed by atoms with E-state index in [0.717, 1.165) is 56.0 Å². The lowest BCUT2D eigenvalue weighted by Crippen LogP contribution is -2.40. The van der Waals surface area contributed by atoms with Crippen molar-refractivity contribution in [2.24, 2.45) is 0 Å². The summed E-state index contributed by atoms with van der Waals surface area (Å²) in [5.74, 6) is 3.86. The molecule has 6 rings (SSSR count). The largest absolute Gasteiger partial charge is 0.480 e. The summed E-state index contributed by atoms with van der Waals surface area (Å²) in [6.07, 6.45) is 5.34. The number of carbonyl (C=O) groups is 1. The van der Waals surface area contributed by atoms with Crippen LogP contribution >= 0.6 is 11.8 Å². The van der Waals surface area contributed by atoms with E-state index in [-0.39, 0.29) is 18.1 Å². The molecule has 0 bridgehead atoms. The Morgan fingerprint density at radius 1 is 1.02 bits per heavy atom. The zero-order valence-electron chi connectivity index (χ0n) is 25.0. The number of anilines is 3. The Labute approximate surface area is 255 Å². The standard InChI is InChI=1S/C31H38N8O3S/c1-4-12-38-30(41)24-18-32-31(33-23-8-7-21-11-14-36(3)19-22(21)17-23)35-28(24)39(38)26-10-9-25-29(34-26)37(27(40)20-42-25)13-6-16-43-15-5-2/h7-10,17-18H,4-6,11-16,19-20H2,1-3H3,(H,32,33,35). The van der Waals surface area contributed by atoms with Crippen molar-refractivity contribution in [1.82, 2.24) is 29.2 Å². The van der Waals surface area contributed by atoms with E-state index in [1.807, 2.05) is 36.9 Å². The third kappa shape index (κ3) is 5.98. The Kier molecular flexibility index (Phi) is 8.66. The fourth-order valence-electron chi connectivity index (χ4n) is 5.63. The van der Waals surface area contributed by atoms with Crippen molar-refractivity contribution in [1.29, 1.82) is 0 Å². The third-order valence-corrected chi connectivity index (χ3v) is 9.02. The lowest BCUT2D eigenvalue weighted by atomic mass is 9.99. The van der Waals surface area contributed by atoms with Gasteiger partial charge in [0.25, 0.3) is 11.5 Å². The van der Waals surface area contributed by atoms with Crippen molar-refractivity contribution >= 4 is 46.2 Å². The minimum absolute atomic E-state index is 0.00957. The van der Waals surface area contributed by atoms with E-state index in [1.165, 1.54) is 11.1 Å². The quantitative estimate of drug-likeness (QED) is 0.250.